The van der Waals surface area contributed by atoms with Gasteiger partial charge in [0, 0.05) is 6.54 Å². The van der Waals surface area contributed by atoms with Crippen molar-refractivity contribution < 1.29 is 22.7 Å². The van der Waals surface area contributed by atoms with Gasteiger partial charge in [0.25, 0.3) is 0 Å². The minimum Gasteiger partial charge on any atom is -0.406 e. The predicted octanol–water partition coefficient (Wildman–Crippen LogP) is 4.48. The molecule has 7 heteroatoms. The first-order valence-electron chi connectivity index (χ1n) is 9.74. The zero-order chi connectivity index (χ0) is 20.6. The van der Waals surface area contributed by atoms with Crippen molar-refractivity contribution in [2.45, 2.75) is 37.7 Å². The summed E-state index contributed by atoms with van der Waals surface area (Å²) in [5, 5.41) is 0. The Morgan fingerprint density at radius 3 is 2.21 bits per heavy atom. The molecule has 0 radical (unpaired) electrons. The van der Waals surface area contributed by atoms with Gasteiger partial charge in [-0.3, -0.25) is 9.69 Å². The summed E-state index contributed by atoms with van der Waals surface area (Å²) in [4.78, 5) is 16.4. The Labute approximate surface area is 167 Å². The number of alkyl halides is 3. The first-order chi connectivity index (χ1) is 13.8. The Morgan fingerprint density at radius 2 is 1.62 bits per heavy atom. The van der Waals surface area contributed by atoms with Crippen molar-refractivity contribution in [2.24, 2.45) is 0 Å². The highest BCUT2D eigenvalue weighted by Crippen LogP contribution is 2.40. The highest BCUT2D eigenvalue weighted by Gasteiger charge is 2.36. The molecular weight excluding hydrogens is 381 g/mol. The van der Waals surface area contributed by atoms with Crippen LogP contribution in [-0.2, 0) is 11.2 Å². The quantitative estimate of drug-likeness (QED) is 0.712. The maximum atomic E-state index is 12.5. The van der Waals surface area contributed by atoms with Crippen molar-refractivity contribution in [3.05, 3.63) is 65.2 Å². The third-order valence-corrected chi connectivity index (χ3v) is 5.50. The van der Waals surface area contributed by atoms with Crippen molar-refractivity contribution >= 4 is 5.91 Å². The second-order valence-electron chi connectivity index (χ2n) is 7.76. The van der Waals surface area contributed by atoms with Crippen LogP contribution in [0.1, 0.15) is 41.6 Å². The van der Waals surface area contributed by atoms with Gasteiger partial charge in [-0.05, 0) is 61.1 Å². The van der Waals surface area contributed by atoms with E-state index in [1.165, 1.54) is 30.5 Å². The van der Waals surface area contributed by atoms with E-state index in [4.69, 9.17) is 0 Å². The van der Waals surface area contributed by atoms with Crippen molar-refractivity contribution in [2.75, 3.05) is 20.1 Å². The fourth-order valence-corrected chi connectivity index (χ4v) is 3.91. The number of benzene rings is 2. The number of hydrogen-bond acceptors (Lipinski definition) is 3. The van der Waals surface area contributed by atoms with E-state index < -0.39 is 6.36 Å². The lowest BCUT2D eigenvalue weighted by atomic mass is 10.1. The molecule has 1 amide bonds. The summed E-state index contributed by atoms with van der Waals surface area (Å²) >= 11 is 0. The van der Waals surface area contributed by atoms with Crippen LogP contribution in [-0.4, -0.2) is 42.2 Å². The number of halogens is 3. The highest BCUT2D eigenvalue weighted by atomic mass is 19.4. The molecule has 2 aromatic carbocycles. The van der Waals surface area contributed by atoms with E-state index in [0.717, 1.165) is 11.1 Å². The Kier molecular flexibility index (Phi) is 5.25. The van der Waals surface area contributed by atoms with Crippen molar-refractivity contribution in [3.8, 4) is 5.75 Å². The molecule has 0 aromatic heterocycles. The van der Waals surface area contributed by atoms with E-state index in [9.17, 15) is 18.0 Å². The molecule has 2 aliphatic rings. The van der Waals surface area contributed by atoms with Gasteiger partial charge in [-0.15, -0.1) is 13.2 Å². The topological polar surface area (TPSA) is 32.8 Å². The summed E-state index contributed by atoms with van der Waals surface area (Å²) in [5.74, 6) is 0.500. The lowest BCUT2D eigenvalue weighted by molar-refractivity contribution is -0.274. The Hall–Kier alpha value is -2.54. The summed E-state index contributed by atoms with van der Waals surface area (Å²) in [6, 6.07) is 14.3. The van der Waals surface area contributed by atoms with E-state index in [1.54, 1.807) is 12.1 Å². The van der Waals surface area contributed by atoms with Crippen LogP contribution in [0.4, 0.5) is 13.2 Å². The van der Waals surface area contributed by atoms with Crippen LogP contribution < -0.4 is 4.74 Å². The highest BCUT2D eigenvalue weighted by molar-refractivity contribution is 5.81. The first kappa shape index (κ1) is 19.8. The second-order valence-corrected chi connectivity index (χ2v) is 7.76. The van der Waals surface area contributed by atoms with Crippen molar-refractivity contribution in [3.63, 3.8) is 0 Å². The monoisotopic (exact) mass is 404 g/mol. The minimum absolute atomic E-state index is 0.0563. The van der Waals surface area contributed by atoms with Gasteiger partial charge in [0.2, 0.25) is 5.91 Å². The molecule has 1 heterocycles. The van der Waals surface area contributed by atoms with Crippen LogP contribution >= 0.6 is 0 Å². The maximum absolute atomic E-state index is 12.5. The number of hydrogen-bond donors (Lipinski definition) is 0. The number of nitrogens with zero attached hydrogens (tertiary/aromatic N) is 2. The van der Waals surface area contributed by atoms with Crippen molar-refractivity contribution in [1.29, 1.82) is 0 Å². The summed E-state index contributed by atoms with van der Waals surface area (Å²) in [5.41, 5.74) is 3.29. The Balaban J connectivity index is 1.42. The largest absolute Gasteiger partial charge is 0.573 e. The number of carbonyl (C=O) groups excluding carboxylic acids is 1. The van der Waals surface area contributed by atoms with Gasteiger partial charge in [0.05, 0.1) is 6.54 Å². The molecule has 1 saturated heterocycles. The molecule has 1 atom stereocenters. The molecular formula is C22H23F3N2O2. The Morgan fingerprint density at radius 1 is 1.00 bits per heavy atom. The number of amides is 1. The molecule has 0 spiro atoms. The molecule has 1 aliphatic carbocycles. The van der Waals surface area contributed by atoms with Gasteiger partial charge in [-0.1, -0.05) is 36.4 Å². The zero-order valence-corrected chi connectivity index (χ0v) is 16.2. The van der Waals surface area contributed by atoms with E-state index in [1.807, 2.05) is 16.8 Å². The molecule has 1 aliphatic heterocycles. The van der Waals surface area contributed by atoms with E-state index in [0.29, 0.717) is 25.4 Å². The van der Waals surface area contributed by atoms with Crippen LogP contribution in [0.5, 0.6) is 5.75 Å². The predicted molar refractivity (Wildman–Crippen MR) is 102 cm³/mol. The maximum Gasteiger partial charge on any atom is 0.573 e. The Bertz CT molecular complexity index is 861. The first-order valence-corrected chi connectivity index (χ1v) is 9.74. The SMILES string of the molecule is CN1CC(=O)N(CCc2ccc(OC(F)(F)F)cc2)C1c1ccc(C2CC2)cc1. The summed E-state index contributed by atoms with van der Waals surface area (Å²) < 4.78 is 40.7. The molecule has 4 nitrogen and oxygen atoms in total. The standard InChI is InChI=1S/C22H23F3N2O2/c1-26-14-20(28)27(21(26)18-8-6-17(7-9-18)16-4-5-16)13-12-15-2-10-19(11-3-15)29-22(23,24)25/h2-3,6-11,16,21H,4-5,12-14H2,1H3. The number of carbonyl (C=O) groups is 1. The van der Waals surface area contributed by atoms with E-state index >= 15 is 0 Å². The molecule has 154 valence electrons. The molecule has 2 aromatic rings. The van der Waals surface area contributed by atoms with E-state index in [-0.39, 0.29) is 17.8 Å². The summed E-state index contributed by atoms with van der Waals surface area (Å²) in [7, 11) is 1.93. The second kappa shape index (κ2) is 7.71. The van der Waals surface area contributed by atoms with Crippen LogP contribution in [0.25, 0.3) is 0 Å². The lowest BCUT2D eigenvalue weighted by Gasteiger charge is -2.28. The summed E-state index contributed by atoms with van der Waals surface area (Å²) in [6.07, 6.45) is -1.76. The van der Waals surface area contributed by atoms with Crippen LogP contribution in [0.2, 0.25) is 0 Å². The fourth-order valence-electron chi connectivity index (χ4n) is 3.91. The van der Waals surface area contributed by atoms with Gasteiger partial charge in [0.15, 0.2) is 0 Å². The average molecular weight is 404 g/mol. The third-order valence-electron chi connectivity index (χ3n) is 5.50. The molecule has 0 bridgehead atoms. The van der Waals surface area contributed by atoms with Gasteiger partial charge in [0.1, 0.15) is 11.9 Å². The number of ether oxygens (including phenoxy) is 1. The number of rotatable bonds is 6. The molecule has 0 N–H and O–H groups in total. The molecule has 2 fully saturated rings. The minimum atomic E-state index is -4.70. The van der Waals surface area contributed by atoms with Crippen LogP contribution in [0.3, 0.4) is 0 Å². The smallest absolute Gasteiger partial charge is 0.406 e. The van der Waals surface area contributed by atoms with E-state index in [2.05, 4.69) is 29.0 Å². The average Bonchev–Trinajstić information content (AvgIpc) is 3.46. The normalized spacial score (nSPS) is 20.3. The molecule has 4 rings (SSSR count). The fraction of sp³-hybridized carbons (Fsp3) is 0.409. The molecule has 1 unspecified atom stereocenters. The zero-order valence-electron chi connectivity index (χ0n) is 16.2. The van der Waals surface area contributed by atoms with Gasteiger partial charge < -0.3 is 9.64 Å². The number of likely N-dealkylation sites (N-methyl/N-ethyl adjacent to an activating group) is 1. The van der Waals surface area contributed by atoms with Crippen LogP contribution in [0, 0.1) is 0 Å². The van der Waals surface area contributed by atoms with Gasteiger partial charge in [-0.25, -0.2) is 0 Å². The third kappa shape index (κ3) is 4.72. The van der Waals surface area contributed by atoms with Gasteiger partial charge >= 0.3 is 6.36 Å². The summed E-state index contributed by atoms with van der Waals surface area (Å²) in [6.45, 7) is 0.852. The molecule has 29 heavy (non-hydrogen) atoms. The lowest BCUT2D eigenvalue weighted by Crippen LogP contribution is -2.32. The van der Waals surface area contributed by atoms with Crippen LogP contribution in [0.15, 0.2) is 48.5 Å². The van der Waals surface area contributed by atoms with Gasteiger partial charge in [-0.2, -0.15) is 0 Å². The molecule has 1 saturated carbocycles. The van der Waals surface area contributed by atoms with Crippen molar-refractivity contribution in [1.82, 2.24) is 9.80 Å².